The first-order chi connectivity index (χ1) is 8.09. The largest absolute Gasteiger partial charge is 0.380 e. The summed E-state index contributed by atoms with van der Waals surface area (Å²) in [6.07, 6.45) is 0. The van der Waals surface area contributed by atoms with Crippen LogP contribution in [0.4, 0.5) is 4.39 Å². The lowest BCUT2D eigenvalue weighted by Gasteiger charge is -2.09. The Labute approximate surface area is 111 Å². The van der Waals surface area contributed by atoms with E-state index in [9.17, 15) is 4.39 Å². The van der Waals surface area contributed by atoms with Crippen molar-refractivity contribution in [2.24, 2.45) is 5.92 Å². The van der Waals surface area contributed by atoms with Crippen LogP contribution in [0.25, 0.3) is 0 Å². The molecule has 0 atom stereocenters. The molecule has 0 amide bonds. The van der Waals surface area contributed by atoms with E-state index < -0.39 is 0 Å². The Morgan fingerprint density at radius 1 is 1.41 bits per heavy atom. The van der Waals surface area contributed by atoms with E-state index in [0.717, 1.165) is 23.2 Å². The summed E-state index contributed by atoms with van der Waals surface area (Å²) in [4.78, 5) is 0. The third-order valence-corrected chi connectivity index (χ3v) is 2.97. The maximum absolute atomic E-state index is 13.0. The summed E-state index contributed by atoms with van der Waals surface area (Å²) in [6, 6.07) is 4.70. The van der Waals surface area contributed by atoms with Gasteiger partial charge in [0.1, 0.15) is 5.82 Å². The SMILES string of the molecule is CC(C)COCCNCc1cc(F)ccc1Br. The predicted octanol–water partition coefficient (Wildman–Crippen LogP) is 3.35. The van der Waals surface area contributed by atoms with Crippen molar-refractivity contribution < 1.29 is 9.13 Å². The van der Waals surface area contributed by atoms with Gasteiger partial charge >= 0.3 is 0 Å². The van der Waals surface area contributed by atoms with E-state index >= 15 is 0 Å². The molecule has 1 N–H and O–H groups in total. The van der Waals surface area contributed by atoms with Crippen molar-refractivity contribution in [2.45, 2.75) is 20.4 Å². The summed E-state index contributed by atoms with van der Waals surface area (Å²) in [7, 11) is 0. The van der Waals surface area contributed by atoms with E-state index in [2.05, 4.69) is 35.1 Å². The molecule has 0 saturated carbocycles. The Balaban J connectivity index is 2.20. The average Bonchev–Trinajstić information content (AvgIpc) is 2.27. The van der Waals surface area contributed by atoms with Gasteiger partial charge in [-0.05, 0) is 29.7 Å². The van der Waals surface area contributed by atoms with E-state index in [-0.39, 0.29) is 5.82 Å². The number of ether oxygens (including phenoxy) is 1. The molecule has 4 heteroatoms. The molecule has 1 rings (SSSR count). The van der Waals surface area contributed by atoms with Crippen molar-refractivity contribution in [3.8, 4) is 0 Å². The summed E-state index contributed by atoms with van der Waals surface area (Å²) < 4.78 is 19.4. The van der Waals surface area contributed by atoms with E-state index in [1.54, 1.807) is 6.07 Å². The van der Waals surface area contributed by atoms with Crippen LogP contribution in [0.5, 0.6) is 0 Å². The minimum Gasteiger partial charge on any atom is -0.380 e. The third kappa shape index (κ3) is 6.15. The van der Waals surface area contributed by atoms with E-state index in [1.165, 1.54) is 12.1 Å². The second-order valence-corrected chi connectivity index (χ2v) is 5.24. The zero-order valence-corrected chi connectivity index (χ0v) is 11.9. The maximum Gasteiger partial charge on any atom is 0.123 e. The molecule has 0 spiro atoms. The van der Waals surface area contributed by atoms with Gasteiger partial charge in [-0.25, -0.2) is 4.39 Å². The first-order valence-electron chi connectivity index (χ1n) is 5.82. The van der Waals surface area contributed by atoms with Crippen LogP contribution in [-0.2, 0) is 11.3 Å². The van der Waals surface area contributed by atoms with Crippen molar-refractivity contribution in [1.29, 1.82) is 0 Å². The fraction of sp³-hybridized carbons (Fsp3) is 0.538. The first kappa shape index (κ1) is 14.6. The van der Waals surface area contributed by atoms with Gasteiger partial charge in [-0.2, -0.15) is 0 Å². The van der Waals surface area contributed by atoms with Crippen LogP contribution in [0.2, 0.25) is 0 Å². The Hall–Kier alpha value is -0.450. The smallest absolute Gasteiger partial charge is 0.123 e. The Bertz CT molecular complexity index is 344. The molecule has 0 heterocycles. The quantitative estimate of drug-likeness (QED) is 0.780. The molecular formula is C13H19BrFNO. The van der Waals surface area contributed by atoms with Crippen molar-refractivity contribution in [1.82, 2.24) is 5.32 Å². The lowest BCUT2D eigenvalue weighted by Crippen LogP contribution is -2.20. The van der Waals surface area contributed by atoms with Crippen molar-refractivity contribution in [3.63, 3.8) is 0 Å². The van der Waals surface area contributed by atoms with Crippen LogP contribution in [0.3, 0.4) is 0 Å². The van der Waals surface area contributed by atoms with Crippen LogP contribution < -0.4 is 5.32 Å². The van der Waals surface area contributed by atoms with Crippen LogP contribution in [0.15, 0.2) is 22.7 Å². The van der Waals surface area contributed by atoms with Gasteiger partial charge in [0.2, 0.25) is 0 Å². The molecule has 0 aliphatic heterocycles. The Morgan fingerprint density at radius 2 is 2.18 bits per heavy atom. The van der Waals surface area contributed by atoms with E-state index in [4.69, 9.17) is 4.74 Å². The van der Waals surface area contributed by atoms with Gasteiger partial charge in [0.25, 0.3) is 0 Å². The number of benzene rings is 1. The normalized spacial score (nSPS) is 11.1. The topological polar surface area (TPSA) is 21.3 Å². The minimum absolute atomic E-state index is 0.207. The molecule has 0 aromatic heterocycles. The van der Waals surface area contributed by atoms with Crippen molar-refractivity contribution in [3.05, 3.63) is 34.1 Å². The number of hydrogen-bond donors (Lipinski definition) is 1. The summed E-state index contributed by atoms with van der Waals surface area (Å²) in [5.41, 5.74) is 0.925. The second-order valence-electron chi connectivity index (χ2n) is 4.38. The van der Waals surface area contributed by atoms with E-state index in [1.807, 2.05) is 0 Å². The van der Waals surface area contributed by atoms with Gasteiger partial charge in [0, 0.05) is 24.2 Å². The van der Waals surface area contributed by atoms with Crippen molar-refractivity contribution >= 4 is 15.9 Å². The highest BCUT2D eigenvalue weighted by atomic mass is 79.9. The number of halogens is 2. The highest BCUT2D eigenvalue weighted by Gasteiger charge is 2.01. The zero-order valence-electron chi connectivity index (χ0n) is 10.3. The fourth-order valence-corrected chi connectivity index (χ4v) is 1.75. The average molecular weight is 304 g/mol. The Kier molecular flexibility index (Phi) is 6.70. The summed E-state index contributed by atoms with van der Waals surface area (Å²) >= 11 is 3.39. The molecule has 0 aliphatic rings. The van der Waals surface area contributed by atoms with Gasteiger partial charge in [0.05, 0.1) is 6.61 Å². The maximum atomic E-state index is 13.0. The molecule has 0 saturated heterocycles. The lowest BCUT2D eigenvalue weighted by atomic mass is 10.2. The predicted molar refractivity (Wildman–Crippen MR) is 71.5 cm³/mol. The van der Waals surface area contributed by atoms with Gasteiger partial charge in [0.15, 0.2) is 0 Å². The molecule has 0 bridgehead atoms. The molecule has 0 radical (unpaired) electrons. The van der Waals surface area contributed by atoms with Gasteiger partial charge in [-0.1, -0.05) is 29.8 Å². The lowest BCUT2D eigenvalue weighted by molar-refractivity contribution is 0.111. The molecule has 2 nitrogen and oxygen atoms in total. The number of hydrogen-bond acceptors (Lipinski definition) is 2. The molecule has 17 heavy (non-hydrogen) atoms. The monoisotopic (exact) mass is 303 g/mol. The fourth-order valence-electron chi connectivity index (χ4n) is 1.37. The van der Waals surface area contributed by atoms with Crippen LogP contribution in [0.1, 0.15) is 19.4 Å². The second kappa shape index (κ2) is 7.80. The molecule has 0 fully saturated rings. The van der Waals surface area contributed by atoms with Gasteiger partial charge in [-0.3, -0.25) is 0 Å². The third-order valence-electron chi connectivity index (χ3n) is 2.20. The minimum atomic E-state index is -0.207. The first-order valence-corrected chi connectivity index (χ1v) is 6.61. The standard InChI is InChI=1S/C13H19BrFNO/c1-10(2)9-17-6-5-16-8-11-7-12(15)3-4-13(11)14/h3-4,7,10,16H,5-6,8-9H2,1-2H3. The van der Waals surface area contributed by atoms with Crippen molar-refractivity contribution in [2.75, 3.05) is 19.8 Å². The summed E-state index contributed by atoms with van der Waals surface area (Å²) in [5.74, 6) is 0.355. The van der Waals surface area contributed by atoms with Gasteiger partial charge in [-0.15, -0.1) is 0 Å². The van der Waals surface area contributed by atoms with E-state index in [0.29, 0.717) is 19.1 Å². The number of nitrogens with one attached hydrogen (secondary N) is 1. The number of rotatable bonds is 7. The molecule has 0 aliphatic carbocycles. The highest BCUT2D eigenvalue weighted by molar-refractivity contribution is 9.10. The van der Waals surface area contributed by atoms with Crippen LogP contribution in [-0.4, -0.2) is 19.8 Å². The molecule has 96 valence electrons. The highest BCUT2D eigenvalue weighted by Crippen LogP contribution is 2.17. The van der Waals surface area contributed by atoms with Crippen LogP contribution in [0, 0.1) is 11.7 Å². The molecule has 0 unspecified atom stereocenters. The molecule has 1 aromatic carbocycles. The van der Waals surface area contributed by atoms with Crippen LogP contribution >= 0.6 is 15.9 Å². The molecule has 1 aromatic rings. The Morgan fingerprint density at radius 3 is 2.88 bits per heavy atom. The zero-order chi connectivity index (χ0) is 12.7. The summed E-state index contributed by atoms with van der Waals surface area (Å²) in [6.45, 7) is 7.13. The molecular weight excluding hydrogens is 285 g/mol. The van der Waals surface area contributed by atoms with Gasteiger partial charge < -0.3 is 10.1 Å². The summed E-state index contributed by atoms with van der Waals surface area (Å²) in [5, 5.41) is 3.22.